The van der Waals surface area contributed by atoms with Crippen molar-refractivity contribution in [3.8, 4) is 28.3 Å². The lowest BCUT2D eigenvalue weighted by Gasteiger charge is -2.12. The number of fused-ring (bicyclic) bond motifs is 1. The van der Waals surface area contributed by atoms with Gasteiger partial charge in [-0.15, -0.1) is 0 Å². The van der Waals surface area contributed by atoms with E-state index in [9.17, 15) is 0 Å². The highest BCUT2D eigenvalue weighted by Crippen LogP contribution is 2.40. The summed E-state index contributed by atoms with van der Waals surface area (Å²) in [5.74, 6) is 2.10. The van der Waals surface area contributed by atoms with Crippen LogP contribution in [0.3, 0.4) is 0 Å². The van der Waals surface area contributed by atoms with E-state index < -0.39 is 0 Å². The third kappa shape index (κ3) is 2.57. The molecule has 0 amide bonds. The molecule has 122 valence electrons. The van der Waals surface area contributed by atoms with Gasteiger partial charge in [0.2, 0.25) is 11.7 Å². The molecule has 4 rings (SSSR count). The Hall–Kier alpha value is -2.66. The summed E-state index contributed by atoms with van der Waals surface area (Å²) >= 11 is 0. The molecule has 1 atom stereocenters. The van der Waals surface area contributed by atoms with Crippen LogP contribution in [0, 0.1) is 13.8 Å². The molecule has 3 aromatic rings. The zero-order valence-corrected chi connectivity index (χ0v) is 13.7. The van der Waals surface area contributed by atoms with E-state index in [1.54, 1.807) is 6.92 Å². The SMILES string of the molecule is Cc1cc2c(c(-c3cccc(-c4noc(C)n4)c3)c1)OC(CN)C2. The summed E-state index contributed by atoms with van der Waals surface area (Å²) in [6.07, 6.45) is 0.924. The predicted octanol–water partition coefficient (Wildman–Crippen LogP) is 3.28. The Morgan fingerprint density at radius 1 is 1.17 bits per heavy atom. The average Bonchev–Trinajstić information content (AvgIpc) is 3.20. The Bertz CT molecular complexity index is 901. The number of benzene rings is 2. The van der Waals surface area contributed by atoms with Crippen LogP contribution in [0.5, 0.6) is 5.75 Å². The Kier molecular flexibility index (Phi) is 3.58. The fourth-order valence-corrected chi connectivity index (χ4v) is 3.18. The quantitative estimate of drug-likeness (QED) is 0.801. The van der Waals surface area contributed by atoms with Gasteiger partial charge >= 0.3 is 0 Å². The second-order valence-corrected chi connectivity index (χ2v) is 6.20. The van der Waals surface area contributed by atoms with Gasteiger partial charge in [0.05, 0.1) is 0 Å². The van der Waals surface area contributed by atoms with Crippen molar-refractivity contribution in [3.63, 3.8) is 0 Å². The highest BCUT2D eigenvalue weighted by atomic mass is 16.5. The second kappa shape index (κ2) is 5.76. The second-order valence-electron chi connectivity index (χ2n) is 6.20. The fourth-order valence-electron chi connectivity index (χ4n) is 3.18. The first-order chi connectivity index (χ1) is 11.6. The minimum atomic E-state index is 0.0589. The maximum atomic E-state index is 6.07. The molecule has 0 spiro atoms. The average molecular weight is 321 g/mol. The van der Waals surface area contributed by atoms with Crippen molar-refractivity contribution in [1.29, 1.82) is 0 Å². The third-order valence-electron chi connectivity index (χ3n) is 4.26. The van der Waals surface area contributed by atoms with Crippen LogP contribution in [-0.2, 0) is 6.42 Å². The normalized spacial score (nSPS) is 16.0. The lowest BCUT2D eigenvalue weighted by molar-refractivity contribution is 0.242. The van der Waals surface area contributed by atoms with Crippen LogP contribution in [0.2, 0.25) is 0 Å². The molecule has 2 aromatic carbocycles. The summed E-state index contributed by atoms with van der Waals surface area (Å²) in [7, 11) is 0. The van der Waals surface area contributed by atoms with Crippen LogP contribution >= 0.6 is 0 Å². The van der Waals surface area contributed by atoms with Gasteiger partial charge in [-0.05, 0) is 35.7 Å². The van der Waals surface area contributed by atoms with E-state index in [1.165, 1.54) is 11.1 Å². The van der Waals surface area contributed by atoms with Gasteiger partial charge in [0.1, 0.15) is 11.9 Å². The van der Waals surface area contributed by atoms with Gasteiger partial charge in [0.15, 0.2) is 0 Å². The molecule has 1 aromatic heterocycles. The van der Waals surface area contributed by atoms with Crippen LogP contribution in [0.4, 0.5) is 0 Å². The van der Waals surface area contributed by atoms with Gasteiger partial charge in [-0.2, -0.15) is 4.98 Å². The Balaban J connectivity index is 1.80. The van der Waals surface area contributed by atoms with E-state index in [0.717, 1.165) is 28.9 Å². The highest BCUT2D eigenvalue weighted by molar-refractivity contribution is 5.77. The Labute approximate surface area is 140 Å². The van der Waals surface area contributed by atoms with Crippen molar-refractivity contribution in [1.82, 2.24) is 10.1 Å². The van der Waals surface area contributed by atoms with Crippen LogP contribution in [0.15, 0.2) is 40.9 Å². The van der Waals surface area contributed by atoms with E-state index in [-0.39, 0.29) is 6.10 Å². The number of ether oxygens (including phenoxy) is 1. The number of hydrogen-bond donors (Lipinski definition) is 1. The van der Waals surface area contributed by atoms with Gasteiger partial charge in [-0.25, -0.2) is 0 Å². The number of rotatable bonds is 3. The minimum absolute atomic E-state index is 0.0589. The highest BCUT2D eigenvalue weighted by Gasteiger charge is 2.25. The van der Waals surface area contributed by atoms with Gasteiger partial charge < -0.3 is 15.0 Å². The molecule has 24 heavy (non-hydrogen) atoms. The largest absolute Gasteiger partial charge is 0.488 e. The molecule has 1 aliphatic rings. The molecule has 5 heteroatoms. The maximum absolute atomic E-state index is 6.07. The summed E-state index contributed by atoms with van der Waals surface area (Å²) in [5, 5.41) is 4.00. The van der Waals surface area contributed by atoms with Gasteiger partial charge in [0.25, 0.3) is 0 Å². The first-order valence-corrected chi connectivity index (χ1v) is 8.05. The maximum Gasteiger partial charge on any atom is 0.223 e. The summed E-state index contributed by atoms with van der Waals surface area (Å²) in [4.78, 5) is 4.31. The minimum Gasteiger partial charge on any atom is -0.488 e. The number of aromatic nitrogens is 2. The first-order valence-electron chi connectivity index (χ1n) is 8.05. The smallest absolute Gasteiger partial charge is 0.223 e. The fraction of sp³-hybridized carbons (Fsp3) is 0.263. The van der Waals surface area contributed by atoms with E-state index >= 15 is 0 Å². The predicted molar refractivity (Wildman–Crippen MR) is 91.8 cm³/mol. The van der Waals surface area contributed by atoms with Crippen molar-refractivity contribution >= 4 is 0 Å². The Morgan fingerprint density at radius 3 is 2.75 bits per heavy atom. The molecule has 0 saturated carbocycles. The zero-order chi connectivity index (χ0) is 16.7. The monoisotopic (exact) mass is 321 g/mol. The topological polar surface area (TPSA) is 74.2 Å². The van der Waals surface area contributed by atoms with Crippen LogP contribution < -0.4 is 10.5 Å². The lowest BCUT2D eigenvalue weighted by atomic mass is 9.96. The molecular weight excluding hydrogens is 302 g/mol. The molecule has 0 fully saturated rings. The van der Waals surface area contributed by atoms with Crippen molar-refractivity contribution in [2.24, 2.45) is 5.73 Å². The molecule has 5 nitrogen and oxygen atoms in total. The molecule has 1 aliphatic heterocycles. The summed E-state index contributed by atoms with van der Waals surface area (Å²) in [5.41, 5.74) is 11.3. The molecule has 0 bridgehead atoms. The summed E-state index contributed by atoms with van der Waals surface area (Å²) in [6, 6.07) is 12.5. The van der Waals surface area contributed by atoms with Crippen molar-refractivity contribution in [3.05, 3.63) is 53.4 Å². The number of aryl methyl sites for hydroxylation is 2. The number of hydrogen-bond acceptors (Lipinski definition) is 5. The molecule has 0 aliphatic carbocycles. The van der Waals surface area contributed by atoms with E-state index in [2.05, 4.69) is 41.3 Å². The Morgan fingerprint density at radius 2 is 2.00 bits per heavy atom. The number of nitrogens with zero attached hydrogens (tertiary/aromatic N) is 2. The molecule has 0 saturated heterocycles. The van der Waals surface area contributed by atoms with Crippen LogP contribution in [-0.4, -0.2) is 22.8 Å². The summed E-state index contributed by atoms with van der Waals surface area (Å²) in [6.45, 7) is 4.41. The van der Waals surface area contributed by atoms with Gasteiger partial charge in [-0.3, -0.25) is 0 Å². The van der Waals surface area contributed by atoms with Crippen molar-refractivity contribution in [2.45, 2.75) is 26.4 Å². The molecule has 0 radical (unpaired) electrons. The van der Waals surface area contributed by atoms with Crippen LogP contribution in [0.1, 0.15) is 17.0 Å². The third-order valence-corrected chi connectivity index (χ3v) is 4.26. The standard InChI is InChI=1S/C19H19N3O2/c1-11-6-15-9-16(10-20)23-18(15)17(7-11)13-4-3-5-14(8-13)19-21-12(2)24-22-19/h3-8,16H,9-10,20H2,1-2H3. The molecule has 2 heterocycles. The summed E-state index contributed by atoms with van der Waals surface area (Å²) < 4.78 is 11.2. The molecule has 1 unspecified atom stereocenters. The lowest BCUT2D eigenvalue weighted by Crippen LogP contribution is -2.24. The molecular formula is C19H19N3O2. The van der Waals surface area contributed by atoms with Crippen LogP contribution in [0.25, 0.3) is 22.5 Å². The first kappa shape index (κ1) is 14.9. The number of nitrogens with two attached hydrogens (primary N) is 1. The van der Waals surface area contributed by atoms with E-state index in [0.29, 0.717) is 18.3 Å². The van der Waals surface area contributed by atoms with Gasteiger partial charge in [-0.1, -0.05) is 29.4 Å². The van der Waals surface area contributed by atoms with Crippen molar-refractivity contribution in [2.75, 3.05) is 6.54 Å². The molecule has 2 N–H and O–H groups in total. The van der Waals surface area contributed by atoms with Gasteiger partial charge in [0, 0.05) is 31.0 Å². The van der Waals surface area contributed by atoms with E-state index in [4.69, 9.17) is 15.0 Å². The van der Waals surface area contributed by atoms with E-state index in [1.807, 2.05) is 12.1 Å². The zero-order valence-electron chi connectivity index (χ0n) is 13.7. The van der Waals surface area contributed by atoms with Crippen molar-refractivity contribution < 1.29 is 9.26 Å².